The van der Waals surface area contributed by atoms with E-state index < -0.39 is 0 Å². The number of benzene rings is 1. The molecule has 1 nitrogen and oxygen atoms in total. The topological polar surface area (TPSA) is 12.0 Å². The van der Waals surface area contributed by atoms with Crippen LogP contribution in [0.4, 0.5) is 0 Å². The van der Waals surface area contributed by atoms with Crippen LogP contribution in [0.5, 0.6) is 0 Å². The molecular formula is C12H15N. The minimum absolute atomic E-state index is 0.773. The highest BCUT2D eigenvalue weighted by molar-refractivity contribution is 5.31. The second-order valence-corrected chi connectivity index (χ2v) is 4.29. The third kappa shape index (κ3) is 1.19. The zero-order valence-electron chi connectivity index (χ0n) is 7.79. The van der Waals surface area contributed by atoms with Crippen LogP contribution >= 0.6 is 0 Å². The maximum atomic E-state index is 3.60. The van der Waals surface area contributed by atoms with Crippen molar-refractivity contribution in [1.82, 2.24) is 5.32 Å². The predicted octanol–water partition coefficient (Wildman–Crippen LogP) is 1.76. The van der Waals surface area contributed by atoms with Gasteiger partial charge in [0, 0.05) is 6.04 Å². The van der Waals surface area contributed by atoms with Crippen molar-refractivity contribution in [3.05, 3.63) is 35.4 Å². The second kappa shape index (κ2) is 2.85. The van der Waals surface area contributed by atoms with Gasteiger partial charge in [-0.2, -0.15) is 0 Å². The van der Waals surface area contributed by atoms with Crippen LogP contribution in [0.15, 0.2) is 24.3 Å². The molecule has 0 amide bonds. The van der Waals surface area contributed by atoms with Crippen LogP contribution in [-0.2, 0) is 12.8 Å². The van der Waals surface area contributed by atoms with E-state index in [1.54, 1.807) is 11.1 Å². The molecule has 1 aromatic carbocycles. The lowest BCUT2D eigenvalue weighted by Crippen LogP contribution is -2.33. The van der Waals surface area contributed by atoms with Crippen LogP contribution in [0.2, 0.25) is 0 Å². The summed E-state index contributed by atoms with van der Waals surface area (Å²) in [6.07, 6.45) is 3.92. The molecule has 1 fully saturated rings. The summed E-state index contributed by atoms with van der Waals surface area (Å²) in [5.41, 5.74) is 3.16. The van der Waals surface area contributed by atoms with E-state index in [2.05, 4.69) is 29.6 Å². The number of fused-ring (bicyclic) bond motifs is 2. The summed E-state index contributed by atoms with van der Waals surface area (Å²) in [4.78, 5) is 0. The van der Waals surface area contributed by atoms with Crippen LogP contribution < -0.4 is 5.32 Å². The minimum Gasteiger partial charge on any atom is -0.313 e. The fourth-order valence-corrected chi connectivity index (χ4v) is 2.78. The molecule has 2 atom stereocenters. The molecule has 0 bridgehead atoms. The van der Waals surface area contributed by atoms with Crippen molar-refractivity contribution in [1.29, 1.82) is 0 Å². The fourth-order valence-electron chi connectivity index (χ4n) is 2.78. The van der Waals surface area contributed by atoms with E-state index in [4.69, 9.17) is 0 Å². The van der Waals surface area contributed by atoms with Gasteiger partial charge in [-0.15, -0.1) is 0 Å². The van der Waals surface area contributed by atoms with Crippen molar-refractivity contribution < 1.29 is 0 Å². The molecule has 1 aliphatic carbocycles. The first-order valence-electron chi connectivity index (χ1n) is 5.23. The van der Waals surface area contributed by atoms with Crippen LogP contribution in [-0.4, -0.2) is 12.6 Å². The zero-order chi connectivity index (χ0) is 8.67. The van der Waals surface area contributed by atoms with E-state index in [1.807, 2.05) is 0 Å². The largest absolute Gasteiger partial charge is 0.313 e. The number of hydrogen-bond donors (Lipinski definition) is 1. The molecule has 1 heteroatoms. The molecule has 2 aliphatic rings. The highest BCUT2D eigenvalue weighted by Gasteiger charge is 2.31. The summed E-state index contributed by atoms with van der Waals surface area (Å²) in [5.74, 6) is 0.912. The predicted molar refractivity (Wildman–Crippen MR) is 53.7 cm³/mol. The molecule has 68 valence electrons. The van der Waals surface area contributed by atoms with Crippen molar-refractivity contribution in [2.75, 3.05) is 6.54 Å². The molecule has 1 N–H and O–H groups in total. The van der Waals surface area contributed by atoms with Gasteiger partial charge in [0.2, 0.25) is 0 Å². The Balaban J connectivity index is 1.97. The number of hydrogen-bond acceptors (Lipinski definition) is 1. The van der Waals surface area contributed by atoms with Gasteiger partial charge in [-0.05, 0) is 42.9 Å². The SMILES string of the molecule is c1ccc2c(c1)C[C@H]1CCN[C@H]1C2. The zero-order valence-corrected chi connectivity index (χ0v) is 7.79. The maximum Gasteiger partial charge on any atom is 0.0139 e. The third-order valence-electron chi connectivity index (χ3n) is 3.53. The standard InChI is InChI=1S/C12H15N/c1-2-4-10-8-12-11(5-6-13-12)7-9(10)3-1/h1-4,11-13H,5-8H2/t11-,12+/m1/s1. The minimum atomic E-state index is 0.773. The average molecular weight is 173 g/mol. The average Bonchev–Trinajstić information content (AvgIpc) is 2.61. The van der Waals surface area contributed by atoms with Crippen LogP contribution in [0.25, 0.3) is 0 Å². The Morgan fingerprint density at radius 1 is 1.08 bits per heavy atom. The van der Waals surface area contributed by atoms with Gasteiger partial charge < -0.3 is 5.32 Å². The van der Waals surface area contributed by atoms with Gasteiger partial charge in [0.1, 0.15) is 0 Å². The quantitative estimate of drug-likeness (QED) is 0.630. The molecule has 0 unspecified atom stereocenters. The third-order valence-corrected chi connectivity index (χ3v) is 3.53. The Bertz CT molecular complexity index is 288. The molecule has 0 spiro atoms. The molecular weight excluding hydrogens is 158 g/mol. The first kappa shape index (κ1) is 7.57. The van der Waals surface area contributed by atoms with Crippen molar-refractivity contribution in [3.8, 4) is 0 Å². The van der Waals surface area contributed by atoms with Crippen molar-refractivity contribution in [2.24, 2.45) is 5.92 Å². The molecule has 1 aliphatic heterocycles. The summed E-state index contributed by atoms with van der Waals surface area (Å²) >= 11 is 0. The highest BCUT2D eigenvalue weighted by Crippen LogP contribution is 2.30. The van der Waals surface area contributed by atoms with Gasteiger partial charge in [-0.25, -0.2) is 0 Å². The number of rotatable bonds is 0. The van der Waals surface area contributed by atoms with E-state index in [0.29, 0.717) is 0 Å². The fraction of sp³-hybridized carbons (Fsp3) is 0.500. The van der Waals surface area contributed by atoms with Crippen molar-refractivity contribution >= 4 is 0 Å². The van der Waals surface area contributed by atoms with E-state index in [1.165, 1.54) is 25.8 Å². The molecule has 1 heterocycles. The Kier molecular flexibility index (Phi) is 1.66. The van der Waals surface area contributed by atoms with Gasteiger partial charge in [0.15, 0.2) is 0 Å². The Morgan fingerprint density at radius 2 is 1.85 bits per heavy atom. The van der Waals surface area contributed by atoms with Crippen molar-refractivity contribution in [3.63, 3.8) is 0 Å². The van der Waals surface area contributed by atoms with E-state index in [0.717, 1.165) is 12.0 Å². The molecule has 13 heavy (non-hydrogen) atoms. The summed E-state index contributed by atoms with van der Waals surface area (Å²) < 4.78 is 0. The van der Waals surface area contributed by atoms with Crippen LogP contribution in [0.1, 0.15) is 17.5 Å². The molecule has 1 aromatic rings. The summed E-state index contributed by atoms with van der Waals surface area (Å²) in [6, 6.07) is 9.68. The Hall–Kier alpha value is -0.820. The molecule has 0 saturated carbocycles. The van der Waals surface area contributed by atoms with Gasteiger partial charge in [0.25, 0.3) is 0 Å². The lowest BCUT2D eigenvalue weighted by molar-refractivity contribution is 0.418. The van der Waals surface area contributed by atoms with Gasteiger partial charge in [-0.3, -0.25) is 0 Å². The van der Waals surface area contributed by atoms with E-state index in [-0.39, 0.29) is 0 Å². The van der Waals surface area contributed by atoms with Gasteiger partial charge in [-0.1, -0.05) is 24.3 Å². The van der Waals surface area contributed by atoms with Gasteiger partial charge in [0.05, 0.1) is 0 Å². The van der Waals surface area contributed by atoms with E-state index in [9.17, 15) is 0 Å². The summed E-state index contributed by atoms with van der Waals surface area (Å²) in [5, 5.41) is 3.60. The Labute approximate surface area is 79.2 Å². The first-order chi connectivity index (χ1) is 6.43. The second-order valence-electron chi connectivity index (χ2n) is 4.29. The van der Waals surface area contributed by atoms with Gasteiger partial charge >= 0.3 is 0 Å². The summed E-state index contributed by atoms with van der Waals surface area (Å²) in [7, 11) is 0. The molecule has 3 rings (SSSR count). The highest BCUT2D eigenvalue weighted by atomic mass is 15.0. The lowest BCUT2D eigenvalue weighted by atomic mass is 9.81. The smallest absolute Gasteiger partial charge is 0.0139 e. The monoisotopic (exact) mass is 173 g/mol. The summed E-state index contributed by atoms with van der Waals surface area (Å²) in [6.45, 7) is 1.23. The number of nitrogens with one attached hydrogen (secondary N) is 1. The normalized spacial score (nSPS) is 31.1. The first-order valence-corrected chi connectivity index (χ1v) is 5.23. The van der Waals surface area contributed by atoms with E-state index >= 15 is 0 Å². The maximum absolute atomic E-state index is 3.60. The molecule has 1 saturated heterocycles. The lowest BCUT2D eigenvalue weighted by Gasteiger charge is -2.27. The van der Waals surface area contributed by atoms with Crippen molar-refractivity contribution in [2.45, 2.75) is 25.3 Å². The Morgan fingerprint density at radius 3 is 2.69 bits per heavy atom. The molecule has 0 aromatic heterocycles. The van der Waals surface area contributed by atoms with Crippen LogP contribution in [0, 0.1) is 5.92 Å². The van der Waals surface area contributed by atoms with Crippen LogP contribution in [0.3, 0.4) is 0 Å². The molecule has 0 radical (unpaired) electrons.